The summed E-state index contributed by atoms with van der Waals surface area (Å²) in [6.45, 7) is 12.8. The highest BCUT2D eigenvalue weighted by Crippen LogP contribution is 2.18. The van der Waals surface area contributed by atoms with Gasteiger partial charge in [0.1, 0.15) is 5.75 Å². The third kappa shape index (κ3) is 7.33. The maximum atomic E-state index is 5.64. The zero-order chi connectivity index (χ0) is 15.7. The van der Waals surface area contributed by atoms with Crippen molar-refractivity contribution in [2.24, 2.45) is 10.9 Å². The number of para-hydroxylation sites is 1. The molecule has 0 aliphatic heterocycles. The minimum absolute atomic E-state index is 0. The van der Waals surface area contributed by atoms with Crippen molar-refractivity contribution < 1.29 is 4.74 Å². The van der Waals surface area contributed by atoms with Gasteiger partial charge in [0.2, 0.25) is 0 Å². The number of halogens is 1. The van der Waals surface area contributed by atoms with E-state index in [0.717, 1.165) is 23.8 Å². The lowest BCUT2D eigenvalue weighted by Gasteiger charge is -2.20. The van der Waals surface area contributed by atoms with Crippen molar-refractivity contribution in [1.82, 2.24) is 10.6 Å². The van der Waals surface area contributed by atoms with Gasteiger partial charge in [0.05, 0.1) is 13.2 Å². The summed E-state index contributed by atoms with van der Waals surface area (Å²) in [5, 5.41) is 6.73. The Kier molecular flexibility index (Phi) is 11.1. The van der Waals surface area contributed by atoms with Gasteiger partial charge in [-0.2, -0.15) is 0 Å². The van der Waals surface area contributed by atoms with Crippen LogP contribution in [0.4, 0.5) is 0 Å². The van der Waals surface area contributed by atoms with Crippen molar-refractivity contribution in [2.75, 3.05) is 13.2 Å². The molecule has 0 aliphatic carbocycles. The molecule has 1 rings (SSSR count). The van der Waals surface area contributed by atoms with Crippen LogP contribution in [0.5, 0.6) is 5.75 Å². The number of hydrogen-bond donors (Lipinski definition) is 2. The summed E-state index contributed by atoms with van der Waals surface area (Å²) in [5.74, 6) is 2.33. The standard InChI is InChI=1S/C17H29N3O.HI/c1-6-18-17(20-14(5)13(3)4)19-12-15-10-8-9-11-16(15)21-7-2;/h8-11,13-14H,6-7,12H2,1-5H3,(H2,18,19,20);1H. The molecule has 0 spiro atoms. The summed E-state index contributed by atoms with van der Waals surface area (Å²) in [5.41, 5.74) is 1.11. The third-order valence-electron chi connectivity index (χ3n) is 3.39. The van der Waals surface area contributed by atoms with Crippen molar-refractivity contribution in [2.45, 2.75) is 47.2 Å². The minimum Gasteiger partial charge on any atom is -0.494 e. The Morgan fingerprint density at radius 3 is 2.45 bits per heavy atom. The molecule has 0 bridgehead atoms. The van der Waals surface area contributed by atoms with E-state index in [1.807, 2.05) is 25.1 Å². The Hall–Kier alpha value is -0.980. The Bertz CT molecular complexity index is 449. The predicted molar refractivity (Wildman–Crippen MR) is 105 cm³/mol. The van der Waals surface area contributed by atoms with Crippen LogP contribution in [0.15, 0.2) is 29.3 Å². The smallest absolute Gasteiger partial charge is 0.191 e. The molecule has 5 heteroatoms. The molecule has 4 nitrogen and oxygen atoms in total. The van der Waals surface area contributed by atoms with Crippen LogP contribution >= 0.6 is 24.0 Å². The third-order valence-corrected chi connectivity index (χ3v) is 3.39. The largest absolute Gasteiger partial charge is 0.494 e. The SMILES string of the molecule is CCNC(=NCc1ccccc1OCC)NC(C)C(C)C.I. The highest BCUT2D eigenvalue weighted by Gasteiger charge is 2.09. The number of ether oxygens (including phenoxy) is 1. The van der Waals surface area contributed by atoms with E-state index in [2.05, 4.69) is 49.4 Å². The van der Waals surface area contributed by atoms with E-state index in [4.69, 9.17) is 4.74 Å². The normalized spacial score (nSPS) is 12.5. The summed E-state index contributed by atoms with van der Waals surface area (Å²) in [4.78, 5) is 4.66. The van der Waals surface area contributed by atoms with Gasteiger partial charge in [-0.15, -0.1) is 24.0 Å². The van der Waals surface area contributed by atoms with E-state index in [1.54, 1.807) is 0 Å². The first-order chi connectivity index (χ1) is 10.1. The lowest BCUT2D eigenvalue weighted by molar-refractivity contribution is 0.336. The van der Waals surface area contributed by atoms with Crippen LogP contribution < -0.4 is 15.4 Å². The van der Waals surface area contributed by atoms with E-state index in [-0.39, 0.29) is 24.0 Å². The molecule has 0 saturated carbocycles. The molecule has 0 saturated heterocycles. The van der Waals surface area contributed by atoms with Gasteiger partial charge in [0.25, 0.3) is 0 Å². The van der Waals surface area contributed by atoms with Crippen LogP contribution in [-0.2, 0) is 6.54 Å². The van der Waals surface area contributed by atoms with Crippen molar-refractivity contribution in [1.29, 1.82) is 0 Å². The maximum Gasteiger partial charge on any atom is 0.191 e. The van der Waals surface area contributed by atoms with Gasteiger partial charge in [-0.3, -0.25) is 0 Å². The second-order valence-electron chi connectivity index (χ2n) is 5.41. The summed E-state index contributed by atoms with van der Waals surface area (Å²) < 4.78 is 5.64. The molecule has 0 fully saturated rings. The van der Waals surface area contributed by atoms with E-state index < -0.39 is 0 Å². The van der Waals surface area contributed by atoms with Crippen LogP contribution in [0, 0.1) is 5.92 Å². The number of nitrogens with one attached hydrogen (secondary N) is 2. The lowest BCUT2D eigenvalue weighted by atomic mass is 10.1. The molecule has 0 radical (unpaired) electrons. The average Bonchev–Trinajstić information content (AvgIpc) is 2.46. The molecule has 0 aromatic heterocycles. The highest BCUT2D eigenvalue weighted by molar-refractivity contribution is 14.0. The molecular formula is C17H30IN3O. The van der Waals surface area contributed by atoms with Crippen LogP contribution in [0.3, 0.4) is 0 Å². The second-order valence-corrected chi connectivity index (χ2v) is 5.41. The number of guanidine groups is 1. The van der Waals surface area contributed by atoms with E-state index in [0.29, 0.717) is 25.1 Å². The molecule has 0 aliphatic rings. The molecule has 1 unspecified atom stereocenters. The Morgan fingerprint density at radius 2 is 1.86 bits per heavy atom. The fourth-order valence-electron chi connectivity index (χ4n) is 1.80. The predicted octanol–water partition coefficient (Wildman–Crippen LogP) is 3.80. The van der Waals surface area contributed by atoms with Crippen LogP contribution in [0.2, 0.25) is 0 Å². The van der Waals surface area contributed by atoms with E-state index in [9.17, 15) is 0 Å². The quantitative estimate of drug-likeness (QED) is 0.402. The van der Waals surface area contributed by atoms with Gasteiger partial charge in [0, 0.05) is 18.2 Å². The van der Waals surface area contributed by atoms with Crippen LogP contribution in [-0.4, -0.2) is 25.2 Å². The fourth-order valence-corrected chi connectivity index (χ4v) is 1.80. The molecule has 1 atom stereocenters. The van der Waals surface area contributed by atoms with Crippen molar-refractivity contribution >= 4 is 29.9 Å². The van der Waals surface area contributed by atoms with Gasteiger partial charge in [-0.25, -0.2) is 4.99 Å². The highest BCUT2D eigenvalue weighted by atomic mass is 127. The van der Waals surface area contributed by atoms with Gasteiger partial charge in [-0.1, -0.05) is 32.0 Å². The van der Waals surface area contributed by atoms with Gasteiger partial charge in [-0.05, 0) is 32.8 Å². The van der Waals surface area contributed by atoms with Gasteiger partial charge < -0.3 is 15.4 Å². The number of rotatable bonds is 7. The number of aliphatic imine (C=N–C) groups is 1. The molecule has 1 aromatic carbocycles. The molecular weight excluding hydrogens is 389 g/mol. The van der Waals surface area contributed by atoms with Crippen molar-refractivity contribution in [3.05, 3.63) is 29.8 Å². The molecule has 1 aromatic rings. The zero-order valence-electron chi connectivity index (χ0n) is 14.3. The molecule has 0 heterocycles. The first kappa shape index (κ1) is 21.0. The van der Waals surface area contributed by atoms with Crippen molar-refractivity contribution in [3.63, 3.8) is 0 Å². The van der Waals surface area contributed by atoms with Gasteiger partial charge >= 0.3 is 0 Å². The minimum atomic E-state index is 0. The lowest BCUT2D eigenvalue weighted by Crippen LogP contribution is -2.44. The molecule has 2 N–H and O–H groups in total. The number of hydrogen-bond acceptors (Lipinski definition) is 2. The summed E-state index contributed by atoms with van der Waals surface area (Å²) in [7, 11) is 0. The average molecular weight is 419 g/mol. The zero-order valence-corrected chi connectivity index (χ0v) is 16.7. The monoisotopic (exact) mass is 419 g/mol. The molecule has 126 valence electrons. The summed E-state index contributed by atoms with van der Waals surface area (Å²) >= 11 is 0. The van der Waals surface area contributed by atoms with Crippen LogP contribution in [0.25, 0.3) is 0 Å². The van der Waals surface area contributed by atoms with Crippen LogP contribution in [0.1, 0.15) is 40.2 Å². The summed E-state index contributed by atoms with van der Waals surface area (Å²) in [6.07, 6.45) is 0. The van der Waals surface area contributed by atoms with Crippen molar-refractivity contribution in [3.8, 4) is 5.75 Å². The Morgan fingerprint density at radius 1 is 1.18 bits per heavy atom. The van der Waals surface area contributed by atoms with Gasteiger partial charge in [0.15, 0.2) is 5.96 Å². The first-order valence-electron chi connectivity index (χ1n) is 7.84. The second kappa shape index (κ2) is 11.6. The molecule has 22 heavy (non-hydrogen) atoms. The number of nitrogens with zero attached hydrogens (tertiary/aromatic N) is 1. The number of benzene rings is 1. The molecule has 0 amide bonds. The first-order valence-corrected chi connectivity index (χ1v) is 7.84. The Balaban J connectivity index is 0.00000441. The maximum absolute atomic E-state index is 5.64. The fraction of sp³-hybridized carbons (Fsp3) is 0.588. The van der Waals surface area contributed by atoms with E-state index >= 15 is 0 Å². The Labute approximate surface area is 152 Å². The van der Waals surface area contributed by atoms with E-state index in [1.165, 1.54) is 0 Å². The summed E-state index contributed by atoms with van der Waals surface area (Å²) in [6, 6.07) is 8.44. The topological polar surface area (TPSA) is 45.7 Å².